The molecule has 0 aliphatic carbocycles. The van der Waals surface area contributed by atoms with Crippen molar-refractivity contribution in [3.05, 3.63) is 0 Å². The Labute approximate surface area is 153 Å². The summed E-state index contributed by atoms with van der Waals surface area (Å²) in [7, 11) is 0. The quantitative estimate of drug-likeness (QED) is 0.221. The molecular formula is C10H15Cl5IN3. The van der Waals surface area contributed by atoms with Gasteiger partial charge in [-0.1, -0.05) is 84.2 Å². The lowest BCUT2D eigenvalue weighted by Gasteiger charge is -2.39. The van der Waals surface area contributed by atoms with Crippen LogP contribution in [0.1, 0.15) is 32.6 Å². The number of hydrogen-bond acceptors (Lipinski definition) is 3. The summed E-state index contributed by atoms with van der Waals surface area (Å²) in [6.07, 6.45) is 5.60. The molecule has 9 heteroatoms. The molecular weight excluding hydrogens is 466 g/mol. The van der Waals surface area contributed by atoms with E-state index in [0.29, 0.717) is 0 Å². The Hall–Kier alpha value is 1.45. The summed E-state index contributed by atoms with van der Waals surface area (Å²) in [4.78, 5) is 0. The fourth-order valence-electron chi connectivity index (χ4n) is 1.74. The van der Waals surface area contributed by atoms with Crippen molar-refractivity contribution in [2.75, 3.05) is 6.54 Å². The van der Waals surface area contributed by atoms with Gasteiger partial charge in [0.25, 0.3) is 0 Å². The van der Waals surface area contributed by atoms with Crippen LogP contribution in [-0.2, 0) is 0 Å². The third-order valence-corrected chi connectivity index (χ3v) is 5.98. The smallest absolute Gasteiger partial charge is 0.227 e. The van der Waals surface area contributed by atoms with Crippen molar-refractivity contribution in [3.63, 3.8) is 0 Å². The number of alkyl halides is 5. The van der Waals surface area contributed by atoms with E-state index in [1.807, 2.05) is 22.9 Å². The van der Waals surface area contributed by atoms with E-state index in [-0.39, 0.29) is 0 Å². The summed E-state index contributed by atoms with van der Waals surface area (Å²) in [6, 6.07) is 0. The van der Waals surface area contributed by atoms with E-state index in [2.05, 4.69) is 12.0 Å². The predicted octanol–water partition coefficient (Wildman–Crippen LogP) is 5.35. The van der Waals surface area contributed by atoms with Crippen LogP contribution >= 0.6 is 80.9 Å². The fraction of sp³-hybridized carbons (Fsp3) is 0.900. The van der Waals surface area contributed by atoms with Crippen molar-refractivity contribution < 1.29 is 0 Å². The highest BCUT2D eigenvalue weighted by Gasteiger charge is 2.57. The van der Waals surface area contributed by atoms with Crippen molar-refractivity contribution in [1.29, 1.82) is 0 Å². The Balaban J connectivity index is 2.69. The summed E-state index contributed by atoms with van der Waals surface area (Å²) in [5.41, 5.74) is 0. The second-order valence-corrected chi connectivity index (χ2v) is 9.07. The Morgan fingerprint density at radius 2 is 1.79 bits per heavy atom. The van der Waals surface area contributed by atoms with Gasteiger partial charge >= 0.3 is 0 Å². The van der Waals surface area contributed by atoms with Crippen LogP contribution in [0.4, 0.5) is 0 Å². The molecule has 112 valence electrons. The van der Waals surface area contributed by atoms with Gasteiger partial charge < -0.3 is 0 Å². The molecule has 0 saturated carbocycles. The summed E-state index contributed by atoms with van der Waals surface area (Å²) < 4.78 is -1.67. The maximum Gasteiger partial charge on any atom is 0.227 e. The topological polar surface area (TPSA) is 18.8 Å². The summed E-state index contributed by atoms with van der Waals surface area (Å²) >= 11 is 32.2. The van der Waals surface area contributed by atoms with Gasteiger partial charge in [0, 0.05) is 6.54 Å². The fourth-order valence-corrected chi connectivity index (χ4v) is 3.61. The van der Waals surface area contributed by atoms with Gasteiger partial charge in [0.2, 0.25) is 8.13 Å². The van der Waals surface area contributed by atoms with Crippen LogP contribution < -0.4 is 0 Å². The minimum Gasteiger partial charge on any atom is -0.277 e. The standard InChI is InChI=1S/C10H15Cl5IN3/c1-2-3-4-5-6-19-8(18(16)7-17-19)9(11,12)10(13,14)15/h7-8H,2-6H2,1H3. The van der Waals surface area contributed by atoms with Gasteiger partial charge in [0.15, 0.2) is 6.17 Å². The van der Waals surface area contributed by atoms with Gasteiger partial charge in [-0.05, 0) is 6.42 Å². The molecule has 0 bridgehead atoms. The second-order valence-electron chi connectivity index (χ2n) is 4.29. The highest BCUT2D eigenvalue weighted by atomic mass is 127. The molecule has 1 atom stereocenters. The summed E-state index contributed by atoms with van der Waals surface area (Å²) in [5.74, 6) is 0. The van der Waals surface area contributed by atoms with Gasteiger partial charge in [0.1, 0.15) is 6.34 Å². The lowest BCUT2D eigenvalue weighted by molar-refractivity contribution is 0.165. The van der Waals surface area contributed by atoms with E-state index in [9.17, 15) is 0 Å². The van der Waals surface area contributed by atoms with Crippen LogP contribution in [-0.4, -0.2) is 35.3 Å². The Kier molecular flexibility index (Phi) is 7.43. The molecule has 1 aliphatic heterocycles. The molecule has 19 heavy (non-hydrogen) atoms. The van der Waals surface area contributed by atoms with Gasteiger partial charge in [-0.15, -0.1) is 0 Å². The van der Waals surface area contributed by atoms with Gasteiger partial charge in [-0.2, -0.15) is 5.10 Å². The first-order valence-corrected chi connectivity index (χ1v) is 8.76. The molecule has 0 spiro atoms. The maximum absolute atomic E-state index is 6.25. The normalized spacial score (nSPS) is 20.5. The predicted molar refractivity (Wildman–Crippen MR) is 93.7 cm³/mol. The molecule has 0 amide bonds. The Bertz CT molecular complexity index is 321. The van der Waals surface area contributed by atoms with E-state index >= 15 is 0 Å². The molecule has 1 rings (SSSR count). The van der Waals surface area contributed by atoms with E-state index in [4.69, 9.17) is 58.0 Å². The van der Waals surface area contributed by atoms with Crippen molar-refractivity contribution >= 4 is 87.2 Å². The first-order chi connectivity index (χ1) is 8.71. The summed E-state index contributed by atoms with van der Waals surface area (Å²) in [6.45, 7) is 2.89. The molecule has 0 N–H and O–H groups in total. The lowest BCUT2D eigenvalue weighted by atomic mass is 10.2. The average molecular weight is 481 g/mol. The molecule has 0 fully saturated rings. The van der Waals surface area contributed by atoms with E-state index in [1.54, 1.807) is 14.5 Å². The molecule has 3 nitrogen and oxygen atoms in total. The molecule has 0 saturated heterocycles. The number of hydrogen-bond donors (Lipinski definition) is 0. The zero-order valence-corrected chi connectivity index (χ0v) is 16.2. The van der Waals surface area contributed by atoms with Crippen LogP contribution in [0.5, 0.6) is 0 Å². The molecule has 1 unspecified atom stereocenters. The van der Waals surface area contributed by atoms with Crippen LogP contribution in [0.3, 0.4) is 0 Å². The molecule has 0 aromatic rings. The average Bonchev–Trinajstić information content (AvgIpc) is 2.65. The summed E-state index contributed by atoms with van der Waals surface area (Å²) in [5, 5.41) is 6.03. The van der Waals surface area contributed by atoms with Gasteiger partial charge in [0.05, 0.1) is 22.9 Å². The minimum atomic E-state index is -1.81. The monoisotopic (exact) mass is 479 g/mol. The molecule has 1 aliphatic rings. The van der Waals surface area contributed by atoms with Gasteiger partial charge in [-0.25, -0.2) is 0 Å². The zero-order chi connectivity index (χ0) is 14.7. The van der Waals surface area contributed by atoms with E-state index in [0.717, 1.165) is 19.4 Å². The number of rotatable bonds is 6. The molecule has 1 heterocycles. The van der Waals surface area contributed by atoms with E-state index < -0.39 is 14.3 Å². The number of hydrazone groups is 1. The van der Waals surface area contributed by atoms with Crippen LogP contribution in [0, 0.1) is 0 Å². The van der Waals surface area contributed by atoms with Crippen molar-refractivity contribution in [2.45, 2.75) is 46.9 Å². The van der Waals surface area contributed by atoms with E-state index in [1.165, 1.54) is 12.8 Å². The zero-order valence-electron chi connectivity index (χ0n) is 10.3. The first kappa shape index (κ1) is 18.5. The second kappa shape index (κ2) is 7.63. The first-order valence-electron chi connectivity index (χ1n) is 5.91. The molecule has 0 aromatic carbocycles. The third-order valence-electron chi connectivity index (χ3n) is 2.77. The van der Waals surface area contributed by atoms with Crippen LogP contribution in [0.15, 0.2) is 5.10 Å². The minimum absolute atomic E-state index is 0.509. The van der Waals surface area contributed by atoms with Crippen LogP contribution in [0.2, 0.25) is 0 Å². The lowest BCUT2D eigenvalue weighted by Crippen LogP contribution is -2.54. The van der Waals surface area contributed by atoms with Crippen molar-refractivity contribution in [1.82, 2.24) is 8.12 Å². The number of halogens is 6. The van der Waals surface area contributed by atoms with Crippen molar-refractivity contribution in [2.24, 2.45) is 5.10 Å². The molecule has 0 radical (unpaired) electrons. The van der Waals surface area contributed by atoms with Crippen LogP contribution in [0.25, 0.3) is 0 Å². The van der Waals surface area contributed by atoms with Gasteiger partial charge in [-0.3, -0.25) is 8.12 Å². The largest absolute Gasteiger partial charge is 0.277 e. The molecule has 0 aromatic heterocycles. The Morgan fingerprint density at radius 3 is 2.32 bits per heavy atom. The SMILES string of the molecule is CCCCCCN1N=CN(I)C1C(Cl)(Cl)C(Cl)(Cl)Cl. The van der Waals surface area contributed by atoms with Crippen molar-refractivity contribution in [3.8, 4) is 0 Å². The number of nitrogens with zero attached hydrogens (tertiary/aromatic N) is 3. The third kappa shape index (κ3) is 4.71. The Morgan fingerprint density at radius 1 is 1.16 bits per heavy atom. The number of unbranched alkanes of at least 4 members (excludes halogenated alkanes) is 3. The highest BCUT2D eigenvalue weighted by molar-refractivity contribution is 14.1. The maximum atomic E-state index is 6.25. The highest BCUT2D eigenvalue weighted by Crippen LogP contribution is 2.51.